The zero-order chi connectivity index (χ0) is 17.9. The van der Waals surface area contributed by atoms with E-state index in [1.807, 2.05) is 5.32 Å². The van der Waals surface area contributed by atoms with Gasteiger partial charge in [-0.05, 0) is 31.0 Å². The standard InChI is InChI=1S/C15H15Cl2F3N2O2/c16-11-5-10(6-12(17)7-11)14(24)22-3-1-9(2-4-22)13(23)21-8-15(18,19)20/h5-7,9H,1-4,8H2,(H,21,23). The van der Waals surface area contributed by atoms with Crippen molar-refractivity contribution < 1.29 is 22.8 Å². The summed E-state index contributed by atoms with van der Waals surface area (Å²) in [4.78, 5) is 25.7. The normalized spacial score (nSPS) is 16.1. The summed E-state index contributed by atoms with van der Waals surface area (Å²) in [7, 11) is 0. The molecule has 2 rings (SSSR count). The second kappa shape index (κ2) is 7.61. The summed E-state index contributed by atoms with van der Waals surface area (Å²) in [6.07, 6.45) is -3.81. The van der Waals surface area contributed by atoms with Gasteiger partial charge in [0.15, 0.2) is 0 Å². The molecule has 0 atom stereocenters. The highest BCUT2D eigenvalue weighted by Crippen LogP contribution is 2.23. The zero-order valence-electron chi connectivity index (χ0n) is 12.5. The van der Waals surface area contributed by atoms with Crippen LogP contribution in [0.4, 0.5) is 13.2 Å². The molecule has 1 N–H and O–H groups in total. The lowest BCUT2D eigenvalue weighted by molar-refractivity contribution is -0.141. The Hall–Kier alpha value is -1.47. The summed E-state index contributed by atoms with van der Waals surface area (Å²) >= 11 is 11.7. The molecule has 24 heavy (non-hydrogen) atoms. The maximum atomic E-state index is 12.4. The Bertz CT molecular complexity index is 609. The minimum atomic E-state index is -4.43. The van der Waals surface area contributed by atoms with Gasteiger partial charge in [0.05, 0.1) is 0 Å². The average molecular weight is 383 g/mol. The molecule has 1 aromatic carbocycles. The molecule has 132 valence electrons. The van der Waals surface area contributed by atoms with E-state index in [4.69, 9.17) is 23.2 Å². The van der Waals surface area contributed by atoms with E-state index in [9.17, 15) is 22.8 Å². The van der Waals surface area contributed by atoms with Crippen LogP contribution in [0.2, 0.25) is 10.0 Å². The molecule has 0 spiro atoms. The van der Waals surface area contributed by atoms with Gasteiger partial charge in [0, 0.05) is 34.6 Å². The maximum Gasteiger partial charge on any atom is 0.405 e. The third kappa shape index (κ3) is 5.27. The topological polar surface area (TPSA) is 49.4 Å². The second-order valence-corrected chi connectivity index (χ2v) is 6.43. The lowest BCUT2D eigenvalue weighted by Gasteiger charge is -2.31. The highest BCUT2D eigenvalue weighted by molar-refractivity contribution is 6.35. The number of hydrogen-bond acceptors (Lipinski definition) is 2. The van der Waals surface area contributed by atoms with Crippen molar-refractivity contribution in [1.82, 2.24) is 10.2 Å². The number of benzene rings is 1. The smallest absolute Gasteiger partial charge is 0.347 e. The lowest BCUT2D eigenvalue weighted by Crippen LogP contribution is -2.44. The van der Waals surface area contributed by atoms with E-state index in [0.717, 1.165) is 0 Å². The van der Waals surface area contributed by atoms with Crippen LogP contribution >= 0.6 is 23.2 Å². The Kier molecular flexibility index (Phi) is 5.98. The quantitative estimate of drug-likeness (QED) is 0.869. The van der Waals surface area contributed by atoms with E-state index < -0.39 is 24.5 Å². The van der Waals surface area contributed by atoms with Crippen molar-refractivity contribution in [3.8, 4) is 0 Å². The number of carbonyl (C=O) groups excluding carboxylic acids is 2. The highest BCUT2D eigenvalue weighted by atomic mass is 35.5. The molecule has 1 heterocycles. The van der Waals surface area contributed by atoms with Gasteiger partial charge in [-0.3, -0.25) is 9.59 Å². The van der Waals surface area contributed by atoms with Gasteiger partial charge >= 0.3 is 6.18 Å². The molecule has 1 aliphatic rings. The van der Waals surface area contributed by atoms with Crippen LogP contribution in [0.3, 0.4) is 0 Å². The molecule has 1 aromatic rings. The second-order valence-electron chi connectivity index (χ2n) is 5.56. The predicted molar refractivity (Wildman–Crippen MR) is 84.2 cm³/mol. The van der Waals surface area contributed by atoms with Gasteiger partial charge < -0.3 is 10.2 Å². The summed E-state index contributed by atoms with van der Waals surface area (Å²) in [5, 5.41) is 2.56. The first-order chi connectivity index (χ1) is 11.2. The van der Waals surface area contributed by atoms with Crippen LogP contribution in [-0.2, 0) is 4.79 Å². The van der Waals surface area contributed by atoms with Crippen LogP contribution in [0.15, 0.2) is 18.2 Å². The van der Waals surface area contributed by atoms with Crippen LogP contribution in [0.1, 0.15) is 23.2 Å². The number of likely N-dealkylation sites (tertiary alicyclic amines) is 1. The number of amides is 2. The van der Waals surface area contributed by atoms with E-state index in [-0.39, 0.29) is 19.0 Å². The number of hydrogen-bond donors (Lipinski definition) is 1. The molecule has 1 fully saturated rings. The van der Waals surface area contributed by atoms with E-state index >= 15 is 0 Å². The first-order valence-electron chi connectivity index (χ1n) is 7.25. The molecular weight excluding hydrogens is 368 g/mol. The van der Waals surface area contributed by atoms with Gasteiger partial charge in [-0.2, -0.15) is 13.2 Å². The number of nitrogens with zero attached hydrogens (tertiary/aromatic N) is 1. The third-order valence-electron chi connectivity index (χ3n) is 3.73. The van der Waals surface area contributed by atoms with Crippen molar-refractivity contribution in [3.63, 3.8) is 0 Å². The Morgan fingerprint density at radius 3 is 2.17 bits per heavy atom. The largest absolute Gasteiger partial charge is 0.405 e. The summed E-state index contributed by atoms with van der Waals surface area (Å²) < 4.78 is 36.3. The average Bonchev–Trinajstić information content (AvgIpc) is 2.50. The lowest BCUT2D eigenvalue weighted by atomic mass is 9.95. The fraction of sp³-hybridized carbons (Fsp3) is 0.467. The first-order valence-corrected chi connectivity index (χ1v) is 8.01. The van der Waals surface area contributed by atoms with E-state index in [1.54, 1.807) is 0 Å². The van der Waals surface area contributed by atoms with Crippen molar-refractivity contribution in [1.29, 1.82) is 0 Å². The van der Waals surface area contributed by atoms with Crippen LogP contribution < -0.4 is 5.32 Å². The van der Waals surface area contributed by atoms with E-state index in [1.165, 1.54) is 23.1 Å². The number of nitrogens with one attached hydrogen (secondary N) is 1. The van der Waals surface area contributed by atoms with Crippen LogP contribution in [-0.4, -0.2) is 42.5 Å². The summed E-state index contributed by atoms with van der Waals surface area (Å²) in [6.45, 7) is -0.772. The van der Waals surface area contributed by atoms with Crippen LogP contribution in [0, 0.1) is 5.92 Å². The third-order valence-corrected chi connectivity index (χ3v) is 4.16. The van der Waals surface area contributed by atoms with Gasteiger partial charge in [-0.25, -0.2) is 0 Å². The molecule has 0 unspecified atom stereocenters. The van der Waals surface area contributed by atoms with E-state index in [2.05, 4.69) is 0 Å². The molecule has 0 aromatic heterocycles. The summed E-state index contributed by atoms with van der Waals surface area (Å²) in [5.74, 6) is -1.43. The molecule has 2 amide bonds. The zero-order valence-corrected chi connectivity index (χ0v) is 14.0. The minimum absolute atomic E-state index is 0.270. The monoisotopic (exact) mass is 382 g/mol. The number of halogens is 5. The highest BCUT2D eigenvalue weighted by Gasteiger charge is 2.32. The molecule has 4 nitrogen and oxygen atoms in total. The Balaban J connectivity index is 1.90. The Morgan fingerprint density at radius 1 is 1.12 bits per heavy atom. The molecule has 0 radical (unpaired) electrons. The molecule has 1 saturated heterocycles. The van der Waals surface area contributed by atoms with Gasteiger partial charge in [0.2, 0.25) is 5.91 Å². The molecule has 0 bridgehead atoms. The summed E-state index contributed by atoms with van der Waals surface area (Å²) in [5.41, 5.74) is 0.340. The first kappa shape index (κ1) is 18.9. The SMILES string of the molecule is O=C(NCC(F)(F)F)C1CCN(C(=O)c2cc(Cl)cc(Cl)c2)CC1. The molecule has 1 aliphatic heterocycles. The van der Waals surface area contributed by atoms with Crippen molar-refractivity contribution in [3.05, 3.63) is 33.8 Å². The molecule has 0 aliphatic carbocycles. The fourth-order valence-corrected chi connectivity index (χ4v) is 3.06. The van der Waals surface area contributed by atoms with Gasteiger partial charge in [0.25, 0.3) is 5.91 Å². The van der Waals surface area contributed by atoms with Gasteiger partial charge in [-0.15, -0.1) is 0 Å². The van der Waals surface area contributed by atoms with Crippen molar-refractivity contribution >= 4 is 35.0 Å². The number of carbonyl (C=O) groups is 2. The fourth-order valence-electron chi connectivity index (χ4n) is 2.54. The Morgan fingerprint density at radius 2 is 1.67 bits per heavy atom. The van der Waals surface area contributed by atoms with Crippen LogP contribution in [0.5, 0.6) is 0 Å². The van der Waals surface area contributed by atoms with Gasteiger partial charge in [0.1, 0.15) is 6.54 Å². The minimum Gasteiger partial charge on any atom is -0.347 e. The van der Waals surface area contributed by atoms with Crippen molar-refractivity contribution in [2.75, 3.05) is 19.6 Å². The maximum absolute atomic E-state index is 12.4. The van der Waals surface area contributed by atoms with Crippen LogP contribution in [0.25, 0.3) is 0 Å². The van der Waals surface area contributed by atoms with Gasteiger partial charge in [-0.1, -0.05) is 23.2 Å². The molecule has 0 saturated carbocycles. The molecular formula is C15H15Cl2F3N2O2. The predicted octanol–water partition coefficient (Wildman–Crippen LogP) is 3.52. The molecule has 9 heteroatoms. The van der Waals surface area contributed by atoms with Crippen molar-refractivity contribution in [2.45, 2.75) is 19.0 Å². The number of alkyl halides is 3. The Labute approximate surface area is 146 Å². The number of piperidine rings is 1. The number of rotatable bonds is 3. The van der Waals surface area contributed by atoms with Crippen molar-refractivity contribution in [2.24, 2.45) is 5.92 Å². The summed E-state index contributed by atoms with van der Waals surface area (Å²) in [6, 6.07) is 4.51. The van der Waals surface area contributed by atoms with E-state index in [0.29, 0.717) is 28.5 Å².